The van der Waals surface area contributed by atoms with Crippen LogP contribution in [0.3, 0.4) is 0 Å². The highest BCUT2D eigenvalue weighted by Gasteiger charge is 2.18. The molecule has 5 aromatic rings. The first kappa shape index (κ1) is 20.0. The monoisotopic (exact) mass is 441 g/mol. The molecule has 8 heteroatoms. The fourth-order valence-corrected chi connectivity index (χ4v) is 4.65. The smallest absolute Gasteiger partial charge is 0.267 e. The highest BCUT2D eigenvalue weighted by molar-refractivity contribution is 7.98. The van der Waals surface area contributed by atoms with Gasteiger partial charge in [-0.1, -0.05) is 54.2 Å². The SMILES string of the molecule is Cc1ccccc1-n1c(=O)c2ccccc2n2c(SCc3cccc(C(N)=O)c3)nnc12. The number of hydrogen-bond acceptors (Lipinski definition) is 5. The van der Waals surface area contributed by atoms with Gasteiger partial charge >= 0.3 is 0 Å². The summed E-state index contributed by atoms with van der Waals surface area (Å²) < 4.78 is 3.52. The summed E-state index contributed by atoms with van der Waals surface area (Å²) in [5.74, 6) is 0.564. The average Bonchev–Trinajstić information content (AvgIpc) is 3.23. The summed E-state index contributed by atoms with van der Waals surface area (Å²) in [5.41, 5.74) is 9.16. The van der Waals surface area contributed by atoms with Crippen molar-refractivity contribution >= 4 is 34.3 Å². The number of aryl methyl sites for hydroxylation is 1. The first-order valence-corrected chi connectivity index (χ1v) is 11.0. The van der Waals surface area contributed by atoms with Crippen LogP contribution in [0.4, 0.5) is 0 Å². The molecule has 2 N–H and O–H groups in total. The van der Waals surface area contributed by atoms with Crippen LogP contribution in [0.25, 0.3) is 22.4 Å². The van der Waals surface area contributed by atoms with Crippen LogP contribution in [0.2, 0.25) is 0 Å². The third kappa shape index (κ3) is 3.34. The summed E-state index contributed by atoms with van der Waals surface area (Å²) in [6, 6.07) is 22.4. The number of para-hydroxylation sites is 2. The molecule has 1 amide bonds. The molecule has 0 atom stereocenters. The van der Waals surface area contributed by atoms with E-state index in [1.165, 1.54) is 11.8 Å². The largest absolute Gasteiger partial charge is 0.366 e. The number of thioether (sulfide) groups is 1. The molecule has 0 aliphatic heterocycles. The number of fused-ring (bicyclic) bond motifs is 3. The van der Waals surface area contributed by atoms with Crippen molar-refractivity contribution in [1.29, 1.82) is 0 Å². The van der Waals surface area contributed by atoms with E-state index in [0.717, 1.165) is 22.3 Å². The lowest BCUT2D eigenvalue weighted by molar-refractivity contribution is 0.1000. The van der Waals surface area contributed by atoms with E-state index >= 15 is 0 Å². The lowest BCUT2D eigenvalue weighted by Gasteiger charge is -2.13. The van der Waals surface area contributed by atoms with Crippen molar-refractivity contribution in [3.8, 4) is 5.69 Å². The topological polar surface area (TPSA) is 95.3 Å². The quantitative estimate of drug-likeness (QED) is 0.419. The molecular formula is C24H19N5O2S. The maximum atomic E-state index is 13.4. The van der Waals surface area contributed by atoms with Crippen LogP contribution in [0.1, 0.15) is 21.5 Å². The Morgan fingerprint density at radius 1 is 1.00 bits per heavy atom. The van der Waals surface area contributed by atoms with E-state index in [1.807, 2.05) is 72.0 Å². The molecule has 5 rings (SSSR count). The summed E-state index contributed by atoms with van der Waals surface area (Å²) in [6.45, 7) is 1.96. The van der Waals surface area contributed by atoms with E-state index in [9.17, 15) is 9.59 Å². The van der Waals surface area contributed by atoms with E-state index in [2.05, 4.69) is 10.2 Å². The molecule has 7 nitrogen and oxygen atoms in total. The van der Waals surface area contributed by atoms with Gasteiger partial charge in [0.2, 0.25) is 11.7 Å². The molecule has 0 unspecified atom stereocenters. The Bertz CT molecular complexity index is 1550. The van der Waals surface area contributed by atoms with Crippen LogP contribution in [-0.4, -0.2) is 25.1 Å². The molecule has 0 aliphatic carbocycles. The average molecular weight is 442 g/mol. The summed E-state index contributed by atoms with van der Waals surface area (Å²) in [6.07, 6.45) is 0. The van der Waals surface area contributed by atoms with Crippen LogP contribution in [0.15, 0.2) is 82.7 Å². The zero-order valence-electron chi connectivity index (χ0n) is 17.2. The molecule has 3 aromatic carbocycles. The van der Waals surface area contributed by atoms with Crippen molar-refractivity contribution in [2.45, 2.75) is 17.8 Å². The molecule has 0 bridgehead atoms. The third-order valence-electron chi connectivity index (χ3n) is 5.33. The van der Waals surface area contributed by atoms with E-state index in [1.54, 1.807) is 16.7 Å². The van der Waals surface area contributed by atoms with E-state index in [0.29, 0.717) is 27.6 Å². The van der Waals surface area contributed by atoms with Crippen molar-refractivity contribution in [1.82, 2.24) is 19.2 Å². The van der Waals surface area contributed by atoms with Crippen LogP contribution < -0.4 is 11.3 Å². The fraction of sp³-hybridized carbons (Fsp3) is 0.0833. The molecule has 0 saturated heterocycles. The molecule has 158 valence electrons. The number of carbonyl (C=O) groups excluding carboxylic acids is 1. The Hall–Kier alpha value is -3.91. The number of aromatic nitrogens is 4. The fourth-order valence-electron chi connectivity index (χ4n) is 3.77. The van der Waals surface area contributed by atoms with Crippen LogP contribution >= 0.6 is 11.8 Å². The van der Waals surface area contributed by atoms with Gasteiger partial charge in [-0.05, 0) is 48.4 Å². The lowest BCUT2D eigenvalue weighted by atomic mass is 10.1. The number of nitrogens with two attached hydrogens (primary N) is 1. The van der Waals surface area contributed by atoms with E-state index in [4.69, 9.17) is 5.73 Å². The Morgan fingerprint density at radius 2 is 1.78 bits per heavy atom. The second-order valence-corrected chi connectivity index (χ2v) is 8.36. The van der Waals surface area contributed by atoms with Gasteiger partial charge in [-0.3, -0.25) is 14.0 Å². The van der Waals surface area contributed by atoms with Gasteiger partial charge in [0.1, 0.15) is 0 Å². The van der Waals surface area contributed by atoms with Crippen molar-refractivity contribution in [3.05, 3.63) is 99.8 Å². The number of primary amides is 1. The number of nitrogens with zero attached hydrogens (tertiary/aromatic N) is 4. The summed E-state index contributed by atoms with van der Waals surface area (Å²) in [7, 11) is 0. The second-order valence-electron chi connectivity index (χ2n) is 7.42. The molecule has 0 saturated carbocycles. The maximum absolute atomic E-state index is 13.4. The van der Waals surface area contributed by atoms with E-state index < -0.39 is 5.91 Å². The summed E-state index contributed by atoms with van der Waals surface area (Å²) >= 11 is 1.48. The molecule has 2 heterocycles. The van der Waals surface area contributed by atoms with Crippen molar-refractivity contribution < 1.29 is 4.79 Å². The van der Waals surface area contributed by atoms with Gasteiger partial charge in [0.05, 0.1) is 16.6 Å². The Balaban J connectivity index is 1.68. The number of rotatable bonds is 5. The molecule has 0 radical (unpaired) electrons. The Morgan fingerprint density at radius 3 is 2.59 bits per heavy atom. The van der Waals surface area contributed by atoms with Gasteiger partial charge in [-0.2, -0.15) is 0 Å². The van der Waals surface area contributed by atoms with Gasteiger partial charge in [0, 0.05) is 11.3 Å². The lowest BCUT2D eigenvalue weighted by Crippen LogP contribution is -2.22. The Labute approximate surface area is 187 Å². The maximum Gasteiger partial charge on any atom is 0.267 e. The highest BCUT2D eigenvalue weighted by Crippen LogP contribution is 2.26. The van der Waals surface area contributed by atoms with Crippen molar-refractivity contribution in [3.63, 3.8) is 0 Å². The Kier molecular flexibility index (Phi) is 4.99. The molecule has 0 fully saturated rings. The van der Waals surface area contributed by atoms with Gasteiger partial charge in [-0.25, -0.2) is 4.57 Å². The van der Waals surface area contributed by atoms with Gasteiger partial charge in [0.25, 0.3) is 5.56 Å². The minimum atomic E-state index is -0.460. The number of hydrogen-bond donors (Lipinski definition) is 1. The first-order chi connectivity index (χ1) is 15.5. The molecule has 0 aliphatic rings. The van der Waals surface area contributed by atoms with Crippen molar-refractivity contribution in [2.75, 3.05) is 0 Å². The van der Waals surface area contributed by atoms with Gasteiger partial charge in [0.15, 0.2) is 5.16 Å². The molecular weight excluding hydrogens is 422 g/mol. The second kappa shape index (κ2) is 7.97. The normalized spacial score (nSPS) is 11.3. The predicted molar refractivity (Wildman–Crippen MR) is 125 cm³/mol. The highest BCUT2D eigenvalue weighted by atomic mass is 32.2. The standard InChI is InChI=1S/C24H19N5O2S/c1-15-7-2-4-11-19(15)28-22(31)18-10-3-5-12-20(18)29-23(28)26-27-24(29)32-14-16-8-6-9-17(13-16)21(25)30/h2-13H,14H2,1H3,(H2,25,30). The zero-order valence-corrected chi connectivity index (χ0v) is 18.0. The van der Waals surface area contributed by atoms with E-state index in [-0.39, 0.29) is 5.56 Å². The van der Waals surface area contributed by atoms with Crippen LogP contribution in [-0.2, 0) is 5.75 Å². The minimum Gasteiger partial charge on any atom is -0.366 e. The number of benzene rings is 3. The van der Waals surface area contributed by atoms with Crippen LogP contribution in [0.5, 0.6) is 0 Å². The molecule has 32 heavy (non-hydrogen) atoms. The number of carbonyl (C=O) groups is 1. The van der Waals surface area contributed by atoms with Gasteiger partial charge in [-0.15, -0.1) is 10.2 Å². The first-order valence-electron chi connectivity index (χ1n) is 10.0. The summed E-state index contributed by atoms with van der Waals surface area (Å²) in [5, 5.41) is 10.0. The van der Waals surface area contributed by atoms with Gasteiger partial charge < -0.3 is 5.73 Å². The van der Waals surface area contributed by atoms with Crippen molar-refractivity contribution in [2.24, 2.45) is 5.73 Å². The zero-order chi connectivity index (χ0) is 22.2. The molecule has 0 spiro atoms. The number of amides is 1. The third-order valence-corrected chi connectivity index (χ3v) is 6.33. The van der Waals surface area contributed by atoms with Crippen LogP contribution in [0, 0.1) is 6.92 Å². The summed E-state index contributed by atoms with van der Waals surface area (Å²) in [4.78, 5) is 24.9. The minimum absolute atomic E-state index is 0.138. The molecule has 2 aromatic heterocycles. The predicted octanol–water partition coefficient (Wildman–Crippen LogP) is 3.73.